The number of aliphatic imine (C=N–C) groups is 1. The van der Waals surface area contributed by atoms with Crippen LogP contribution in [0.2, 0.25) is 0 Å². The van der Waals surface area contributed by atoms with Crippen molar-refractivity contribution in [2.75, 3.05) is 13.1 Å². The van der Waals surface area contributed by atoms with Gasteiger partial charge < -0.3 is 34.6 Å². The van der Waals surface area contributed by atoms with Gasteiger partial charge in [-0.05, 0) is 138 Å². The summed E-state index contributed by atoms with van der Waals surface area (Å²) in [4.78, 5) is 78.6. The highest BCUT2D eigenvalue weighted by Gasteiger charge is 2.41. The highest BCUT2D eigenvalue weighted by Crippen LogP contribution is 2.58. The molecular formula is C59H60N8O6. The zero-order chi connectivity index (χ0) is 50.3. The van der Waals surface area contributed by atoms with E-state index in [-0.39, 0.29) is 41.4 Å². The van der Waals surface area contributed by atoms with Gasteiger partial charge in [0.15, 0.2) is 0 Å². The number of para-hydroxylation sites is 2. The maximum absolute atomic E-state index is 14.1. The van der Waals surface area contributed by atoms with Gasteiger partial charge in [0.2, 0.25) is 5.91 Å². The second-order valence-corrected chi connectivity index (χ2v) is 20.6. The first-order valence-electron chi connectivity index (χ1n) is 25.8. The Bertz CT molecular complexity index is 3240. The lowest BCUT2D eigenvalue weighted by molar-refractivity contribution is -0.135. The number of benzene rings is 5. The molecule has 5 atom stereocenters. The zero-order valence-electron chi connectivity index (χ0n) is 41.6. The molecular weight excluding hydrogens is 917 g/mol. The number of ether oxygens (including phenoxy) is 2. The number of carbonyl (C=O) groups excluding carboxylic acids is 4. The van der Waals surface area contributed by atoms with E-state index in [1.165, 1.54) is 40.7 Å². The van der Waals surface area contributed by atoms with Crippen LogP contribution in [0.4, 0.5) is 9.59 Å². The van der Waals surface area contributed by atoms with Crippen LogP contribution < -0.4 is 14.8 Å². The van der Waals surface area contributed by atoms with Crippen molar-refractivity contribution >= 4 is 40.7 Å². The van der Waals surface area contributed by atoms with Crippen molar-refractivity contribution in [3.8, 4) is 45.0 Å². The number of nitrogens with one attached hydrogen (secondary N) is 3. The Hall–Kier alpha value is -7.87. The summed E-state index contributed by atoms with van der Waals surface area (Å²) >= 11 is 0. The molecule has 4 aliphatic rings. The number of fused-ring (bicyclic) bond motifs is 6. The summed E-state index contributed by atoms with van der Waals surface area (Å²) in [5.41, 5.74) is 11.6. The third kappa shape index (κ3) is 9.42. The molecule has 2 saturated heterocycles. The number of imidazole rings is 2. The maximum atomic E-state index is 14.1. The average molecular weight is 977 g/mol. The summed E-state index contributed by atoms with van der Waals surface area (Å²) in [6.07, 6.45) is 7.06. The number of rotatable bonds is 12. The molecule has 4 amide bonds. The van der Waals surface area contributed by atoms with Gasteiger partial charge in [0, 0.05) is 19.0 Å². The van der Waals surface area contributed by atoms with Crippen LogP contribution >= 0.6 is 0 Å². The monoisotopic (exact) mass is 976 g/mol. The van der Waals surface area contributed by atoms with Crippen molar-refractivity contribution < 1.29 is 28.7 Å². The standard InChI is InChI=1S/C59H60N8O6/c1-34(2)52(64-58(70)72-41-13-7-5-8-14-41)56(68)66-29-11-17-48(66)54-60-33-47(63-54)37-21-19-36(20-22-37)43-26-27-44(51-40-24-23-39(31-40)50(43)51)38-25-28-45-46(32-38)62-55(61-45)49-18-12-30-67(49)57(69)53(35(3)4)65-59(71)73-42-15-9-6-10-16-42/h5-10,13-16,19-22,25-28,32-35,39-40,48-49,53H,11-12,17-18,23-24,29-31H2,1-4H3,(H,60,63)(H,61,62)(H,65,71)/b64-52+/t39?,40?,48-,49-,53-/m0/s1. The molecule has 2 aliphatic carbocycles. The minimum atomic E-state index is -0.820. The summed E-state index contributed by atoms with van der Waals surface area (Å²) in [6.45, 7) is 8.68. The molecule has 2 unspecified atom stereocenters. The molecule has 2 bridgehead atoms. The zero-order valence-corrected chi connectivity index (χ0v) is 41.6. The van der Waals surface area contributed by atoms with E-state index in [4.69, 9.17) is 19.4 Å². The Morgan fingerprint density at radius 1 is 0.671 bits per heavy atom. The van der Waals surface area contributed by atoms with E-state index in [0.29, 0.717) is 42.2 Å². The first-order valence-corrected chi connectivity index (χ1v) is 25.8. The molecule has 0 radical (unpaired) electrons. The fourth-order valence-electron chi connectivity index (χ4n) is 11.7. The minimum absolute atomic E-state index is 0.144. The molecule has 7 aromatic rings. The molecule has 2 aliphatic heterocycles. The summed E-state index contributed by atoms with van der Waals surface area (Å²) < 4.78 is 10.9. The van der Waals surface area contributed by atoms with Crippen LogP contribution in [0.3, 0.4) is 0 Å². The van der Waals surface area contributed by atoms with Crippen LogP contribution in [0, 0.1) is 11.8 Å². The normalized spacial score (nSPS) is 19.7. The molecule has 3 fully saturated rings. The number of likely N-dealkylation sites (tertiary alicyclic amines) is 2. The van der Waals surface area contributed by atoms with Gasteiger partial charge in [-0.3, -0.25) is 9.59 Å². The molecule has 4 heterocycles. The molecule has 0 spiro atoms. The molecule has 2 aromatic heterocycles. The van der Waals surface area contributed by atoms with Crippen LogP contribution in [0.5, 0.6) is 11.5 Å². The summed E-state index contributed by atoms with van der Waals surface area (Å²) in [5, 5.41) is 2.84. The van der Waals surface area contributed by atoms with Crippen molar-refractivity contribution in [3.05, 3.63) is 144 Å². The van der Waals surface area contributed by atoms with Crippen molar-refractivity contribution in [3.63, 3.8) is 0 Å². The minimum Gasteiger partial charge on any atom is -0.410 e. The third-order valence-electron chi connectivity index (χ3n) is 15.2. The summed E-state index contributed by atoms with van der Waals surface area (Å²) in [7, 11) is 0. The predicted molar refractivity (Wildman–Crippen MR) is 280 cm³/mol. The number of hydrogen-bond donors (Lipinski definition) is 3. The number of nitrogens with zero attached hydrogens (tertiary/aromatic N) is 5. The van der Waals surface area contributed by atoms with Gasteiger partial charge in [0.1, 0.15) is 34.9 Å². The van der Waals surface area contributed by atoms with E-state index in [9.17, 15) is 19.2 Å². The van der Waals surface area contributed by atoms with Gasteiger partial charge in [-0.25, -0.2) is 19.6 Å². The molecule has 5 aromatic carbocycles. The number of aromatic amines is 2. The highest BCUT2D eigenvalue weighted by atomic mass is 16.6. The van der Waals surface area contributed by atoms with Gasteiger partial charge in [0.25, 0.3) is 5.91 Å². The topological polar surface area (TPSA) is 175 Å². The number of hydrogen-bond acceptors (Lipinski definition) is 8. The first-order chi connectivity index (χ1) is 35.5. The molecule has 11 rings (SSSR count). The lowest BCUT2D eigenvalue weighted by Gasteiger charge is -2.30. The van der Waals surface area contributed by atoms with E-state index in [0.717, 1.165) is 65.8 Å². The van der Waals surface area contributed by atoms with Gasteiger partial charge in [-0.1, -0.05) is 107 Å². The first kappa shape index (κ1) is 47.5. The quantitative estimate of drug-likeness (QED) is 0.101. The van der Waals surface area contributed by atoms with Crippen molar-refractivity contribution in [2.45, 2.75) is 103 Å². The Kier molecular flexibility index (Phi) is 13.0. The Labute approximate surface area is 424 Å². The average Bonchev–Trinajstić information content (AvgIpc) is 4.27. The van der Waals surface area contributed by atoms with Crippen molar-refractivity contribution in [2.24, 2.45) is 16.8 Å². The van der Waals surface area contributed by atoms with E-state index in [1.807, 2.05) is 50.9 Å². The van der Waals surface area contributed by atoms with Crippen LogP contribution in [-0.4, -0.2) is 78.6 Å². The Morgan fingerprint density at radius 3 is 1.93 bits per heavy atom. The third-order valence-corrected chi connectivity index (χ3v) is 15.2. The van der Waals surface area contributed by atoms with Gasteiger partial charge >= 0.3 is 12.2 Å². The smallest absolute Gasteiger partial charge is 0.410 e. The SMILES string of the molecule is CC(C)/C(=N\C(=O)Oc1ccccc1)C(=O)N1CCC[C@H]1c1ncc(-c2ccc(-c3ccc(-c4ccc5nc([C@@H]6CCCN6C(=O)[C@@H](NC(=O)Oc6ccccc6)C(C)C)[nH]c5c4)c4c3C3CCC4C3)cc2)[nH]1. The fourth-order valence-corrected chi connectivity index (χ4v) is 11.7. The van der Waals surface area contributed by atoms with Crippen LogP contribution in [-0.2, 0) is 9.59 Å². The summed E-state index contributed by atoms with van der Waals surface area (Å²) in [6, 6.07) is 36.0. The van der Waals surface area contributed by atoms with E-state index in [1.54, 1.807) is 53.4 Å². The lowest BCUT2D eigenvalue weighted by Crippen LogP contribution is -2.51. The Balaban J connectivity index is 0.799. The molecule has 372 valence electrons. The number of H-pyrrole nitrogens is 2. The molecule has 14 heteroatoms. The van der Waals surface area contributed by atoms with Gasteiger partial charge in [0.05, 0.1) is 35.0 Å². The van der Waals surface area contributed by atoms with Crippen molar-refractivity contribution in [1.29, 1.82) is 0 Å². The number of aromatic nitrogens is 4. The lowest BCUT2D eigenvalue weighted by atomic mass is 9.81. The second-order valence-electron chi connectivity index (χ2n) is 20.6. The molecule has 14 nitrogen and oxygen atoms in total. The van der Waals surface area contributed by atoms with E-state index < -0.39 is 18.2 Å². The van der Waals surface area contributed by atoms with Crippen LogP contribution in [0.15, 0.2) is 126 Å². The predicted octanol–water partition coefficient (Wildman–Crippen LogP) is 12.1. The summed E-state index contributed by atoms with van der Waals surface area (Å²) in [5.74, 6) is 2.38. The fraction of sp³-hybridized carbons (Fsp3) is 0.339. The van der Waals surface area contributed by atoms with Crippen LogP contribution in [0.1, 0.15) is 119 Å². The van der Waals surface area contributed by atoms with Gasteiger partial charge in [-0.2, -0.15) is 4.99 Å². The molecule has 1 saturated carbocycles. The largest absolute Gasteiger partial charge is 0.439 e. The maximum Gasteiger partial charge on any atom is 0.439 e. The molecule has 3 N–H and O–H groups in total. The van der Waals surface area contributed by atoms with E-state index in [2.05, 4.69) is 74.9 Å². The number of carbonyl (C=O) groups is 4. The van der Waals surface area contributed by atoms with Crippen LogP contribution in [0.25, 0.3) is 44.5 Å². The number of amides is 4. The highest BCUT2D eigenvalue weighted by molar-refractivity contribution is 6.40. The second kappa shape index (κ2) is 20.0. The van der Waals surface area contributed by atoms with Gasteiger partial charge in [-0.15, -0.1) is 0 Å². The van der Waals surface area contributed by atoms with E-state index >= 15 is 0 Å². The molecule has 73 heavy (non-hydrogen) atoms. The Morgan fingerprint density at radius 2 is 1.27 bits per heavy atom. The van der Waals surface area contributed by atoms with Crippen molar-refractivity contribution in [1.82, 2.24) is 35.1 Å².